The van der Waals surface area contributed by atoms with Crippen LogP contribution < -0.4 is 15.0 Å². The van der Waals surface area contributed by atoms with E-state index >= 15 is 0 Å². The molecule has 0 aliphatic rings. The van der Waals surface area contributed by atoms with Crippen LogP contribution in [0.15, 0.2) is 66.0 Å². The van der Waals surface area contributed by atoms with Gasteiger partial charge in [0.25, 0.3) is 5.56 Å². The first-order valence-electron chi connectivity index (χ1n) is 8.71. The highest BCUT2D eigenvalue weighted by molar-refractivity contribution is 7.92. The van der Waals surface area contributed by atoms with E-state index in [2.05, 4.69) is 14.7 Å². The van der Waals surface area contributed by atoms with E-state index in [0.717, 1.165) is 11.8 Å². The van der Waals surface area contributed by atoms with Gasteiger partial charge < -0.3 is 14.1 Å². The minimum absolute atomic E-state index is 0.212. The molecule has 2 N–H and O–H groups in total. The number of pyridine rings is 1. The topological polar surface area (TPSA) is 106 Å². The Morgan fingerprint density at radius 2 is 2.03 bits per heavy atom. The van der Waals surface area contributed by atoms with Gasteiger partial charge in [0.2, 0.25) is 10.0 Å². The average Bonchev–Trinajstić information content (AvgIpc) is 3.00. The van der Waals surface area contributed by atoms with Crippen molar-refractivity contribution in [3.63, 3.8) is 0 Å². The summed E-state index contributed by atoms with van der Waals surface area (Å²) in [6, 6.07) is 10.4. The summed E-state index contributed by atoms with van der Waals surface area (Å²) in [6.45, 7) is 1.84. The molecule has 0 spiro atoms. The number of benzene rings is 1. The summed E-state index contributed by atoms with van der Waals surface area (Å²) < 4.78 is 33.6. The van der Waals surface area contributed by atoms with Crippen molar-refractivity contribution in [1.29, 1.82) is 0 Å². The van der Waals surface area contributed by atoms with E-state index in [0.29, 0.717) is 34.0 Å². The number of hydrogen-bond acceptors (Lipinski definition) is 5. The van der Waals surface area contributed by atoms with E-state index in [9.17, 15) is 13.2 Å². The normalized spacial score (nSPS) is 11.5. The predicted molar refractivity (Wildman–Crippen MR) is 111 cm³/mol. The minimum Gasteiger partial charge on any atom is -0.455 e. The molecular formula is C20H18N4O4S. The van der Waals surface area contributed by atoms with Crippen molar-refractivity contribution >= 4 is 21.2 Å². The van der Waals surface area contributed by atoms with Gasteiger partial charge in [-0.25, -0.2) is 8.42 Å². The second-order valence-corrected chi connectivity index (χ2v) is 8.34. The van der Waals surface area contributed by atoms with Crippen LogP contribution in [-0.4, -0.2) is 29.0 Å². The lowest BCUT2D eigenvalue weighted by Crippen LogP contribution is -2.10. The molecule has 29 heavy (non-hydrogen) atoms. The van der Waals surface area contributed by atoms with Crippen LogP contribution >= 0.6 is 0 Å². The number of nitrogens with zero attached hydrogens (tertiary/aromatic N) is 2. The number of aromatic amines is 1. The molecule has 0 bridgehead atoms. The molecule has 8 nitrogen and oxygen atoms in total. The number of anilines is 1. The first-order valence-corrected chi connectivity index (χ1v) is 10.6. The van der Waals surface area contributed by atoms with E-state index in [1.807, 2.05) is 13.0 Å². The molecule has 1 aromatic carbocycles. The zero-order valence-electron chi connectivity index (χ0n) is 15.7. The van der Waals surface area contributed by atoms with Crippen molar-refractivity contribution in [2.45, 2.75) is 6.92 Å². The fourth-order valence-corrected chi connectivity index (χ4v) is 3.75. The fourth-order valence-electron chi connectivity index (χ4n) is 3.19. The van der Waals surface area contributed by atoms with Gasteiger partial charge in [-0.2, -0.15) is 0 Å². The predicted octanol–water partition coefficient (Wildman–Crippen LogP) is 3.16. The first kappa shape index (κ1) is 18.8. The van der Waals surface area contributed by atoms with Gasteiger partial charge in [0, 0.05) is 29.8 Å². The van der Waals surface area contributed by atoms with Crippen LogP contribution in [0.4, 0.5) is 5.69 Å². The Hall–Kier alpha value is -3.59. The maximum Gasteiger partial charge on any atom is 0.272 e. The number of ether oxygens (including phenoxy) is 1. The van der Waals surface area contributed by atoms with Crippen LogP contribution in [0, 0.1) is 6.92 Å². The smallest absolute Gasteiger partial charge is 0.272 e. The van der Waals surface area contributed by atoms with Crippen LogP contribution in [0.25, 0.3) is 16.8 Å². The zero-order valence-corrected chi connectivity index (χ0v) is 16.5. The lowest BCUT2D eigenvalue weighted by molar-refractivity contribution is 0.482. The highest BCUT2D eigenvalue weighted by Crippen LogP contribution is 2.37. The molecule has 0 radical (unpaired) electrons. The van der Waals surface area contributed by atoms with Gasteiger partial charge >= 0.3 is 0 Å². The number of sulfonamides is 1. The Morgan fingerprint density at radius 1 is 1.21 bits per heavy atom. The van der Waals surface area contributed by atoms with Gasteiger partial charge in [-0.05, 0) is 48.9 Å². The molecule has 0 aliphatic heterocycles. The zero-order chi connectivity index (χ0) is 20.6. The second kappa shape index (κ2) is 7.10. The monoisotopic (exact) mass is 410 g/mol. The van der Waals surface area contributed by atoms with E-state index in [1.54, 1.807) is 59.5 Å². The molecule has 0 amide bonds. The second-order valence-electron chi connectivity index (χ2n) is 6.60. The lowest BCUT2D eigenvalue weighted by Gasteiger charge is -2.14. The molecule has 3 heterocycles. The molecule has 0 saturated carbocycles. The SMILES string of the molecule is Cc1cc(-c2cc(NS(C)(=O)=O)ccc2Oc2cccnc2)n2cc[nH]c(=O)c12. The number of aryl methyl sites for hydroxylation is 1. The summed E-state index contributed by atoms with van der Waals surface area (Å²) in [5, 5.41) is 0. The van der Waals surface area contributed by atoms with Crippen molar-refractivity contribution < 1.29 is 13.2 Å². The summed E-state index contributed by atoms with van der Waals surface area (Å²) in [5.74, 6) is 1.03. The number of H-pyrrole nitrogens is 1. The van der Waals surface area contributed by atoms with E-state index in [1.165, 1.54) is 0 Å². The molecule has 0 atom stereocenters. The maximum atomic E-state index is 12.3. The Kier molecular flexibility index (Phi) is 4.59. The van der Waals surface area contributed by atoms with Gasteiger partial charge in [-0.3, -0.25) is 14.5 Å². The highest BCUT2D eigenvalue weighted by atomic mass is 32.2. The molecule has 4 aromatic rings. The standard InChI is InChI=1S/C20H18N4O4S/c1-13-10-17(24-9-8-22-20(25)19(13)24)16-11-14(23-29(2,26)27)5-6-18(16)28-15-4-3-7-21-12-15/h3-12,23H,1-2H3,(H,22,25). The number of nitrogens with one attached hydrogen (secondary N) is 2. The van der Waals surface area contributed by atoms with Crippen LogP contribution in [0.1, 0.15) is 5.56 Å². The largest absolute Gasteiger partial charge is 0.455 e. The third-order valence-electron chi connectivity index (χ3n) is 4.30. The number of aromatic nitrogens is 3. The van der Waals surface area contributed by atoms with Crippen molar-refractivity contribution in [3.8, 4) is 22.8 Å². The third-order valence-corrected chi connectivity index (χ3v) is 4.91. The Labute approximate surface area is 166 Å². The molecular weight excluding hydrogens is 392 g/mol. The summed E-state index contributed by atoms with van der Waals surface area (Å²) in [6.07, 6.45) is 7.60. The summed E-state index contributed by atoms with van der Waals surface area (Å²) in [5.41, 5.74) is 2.79. The first-order chi connectivity index (χ1) is 13.8. The van der Waals surface area contributed by atoms with E-state index < -0.39 is 10.0 Å². The van der Waals surface area contributed by atoms with Gasteiger partial charge in [-0.15, -0.1) is 0 Å². The van der Waals surface area contributed by atoms with Crippen molar-refractivity contribution in [2.75, 3.05) is 11.0 Å². The molecule has 148 valence electrons. The molecule has 3 aromatic heterocycles. The summed E-state index contributed by atoms with van der Waals surface area (Å²) in [4.78, 5) is 19.0. The Balaban J connectivity index is 1.93. The van der Waals surface area contributed by atoms with Gasteiger partial charge in [0.15, 0.2) is 0 Å². The van der Waals surface area contributed by atoms with Crippen LogP contribution in [0.5, 0.6) is 11.5 Å². The van der Waals surface area contributed by atoms with Gasteiger partial charge in [-0.1, -0.05) is 0 Å². The Morgan fingerprint density at radius 3 is 2.76 bits per heavy atom. The third kappa shape index (κ3) is 3.85. The van der Waals surface area contributed by atoms with Gasteiger partial charge in [0.1, 0.15) is 17.0 Å². The van der Waals surface area contributed by atoms with E-state index in [-0.39, 0.29) is 5.56 Å². The highest BCUT2D eigenvalue weighted by Gasteiger charge is 2.17. The molecule has 0 saturated heterocycles. The van der Waals surface area contributed by atoms with Crippen molar-refractivity contribution in [1.82, 2.24) is 14.4 Å². The van der Waals surface area contributed by atoms with Crippen LogP contribution in [0.2, 0.25) is 0 Å². The fraction of sp³-hybridized carbons (Fsp3) is 0.100. The number of rotatable bonds is 5. The van der Waals surface area contributed by atoms with Crippen LogP contribution in [0.3, 0.4) is 0 Å². The van der Waals surface area contributed by atoms with Crippen molar-refractivity contribution in [2.24, 2.45) is 0 Å². The minimum atomic E-state index is -3.45. The molecule has 4 rings (SSSR count). The molecule has 0 aliphatic carbocycles. The maximum absolute atomic E-state index is 12.3. The lowest BCUT2D eigenvalue weighted by atomic mass is 10.1. The summed E-state index contributed by atoms with van der Waals surface area (Å²) in [7, 11) is -3.45. The van der Waals surface area contributed by atoms with Gasteiger partial charge in [0.05, 0.1) is 18.1 Å². The molecule has 0 fully saturated rings. The van der Waals surface area contributed by atoms with E-state index in [4.69, 9.17) is 4.74 Å². The van der Waals surface area contributed by atoms with Crippen molar-refractivity contribution in [3.05, 3.63) is 77.1 Å². The number of fused-ring (bicyclic) bond motifs is 1. The summed E-state index contributed by atoms with van der Waals surface area (Å²) >= 11 is 0. The average molecular weight is 410 g/mol. The molecule has 9 heteroatoms. The number of hydrogen-bond donors (Lipinski definition) is 2. The van der Waals surface area contributed by atoms with Crippen LogP contribution in [-0.2, 0) is 10.0 Å². The Bertz CT molecular complexity index is 1360. The quantitative estimate of drug-likeness (QED) is 0.526. The molecule has 0 unspecified atom stereocenters.